The Kier molecular flexibility index (Phi) is 5.84. The average molecular weight is 319 g/mol. The number of benzene rings is 2. The van der Waals surface area contributed by atoms with Gasteiger partial charge in [0.1, 0.15) is 12.4 Å². The Bertz CT molecular complexity index is 620. The number of rotatable bonds is 6. The van der Waals surface area contributed by atoms with Gasteiger partial charge in [-0.05, 0) is 47.9 Å². The molecule has 2 aromatic carbocycles. The molecule has 0 unspecified atom stereocenters. The molecule has 0 spiro atoms. The Morgan fingerprint density at radius 3 is 2.50 bits per heavy atom. The van der Waals surface area contributed by atoms with E-state index in [1.807, 2.05) is 38.1 Å². The average Bonchev–Trinajstić information content (AvgIpc) is 2.51. The molecule has 116 valence electrons. The highest BCUT2D eigenvalue weighted by atomic mass is 35.5. The molecule has 0 heterocycles. The van der Waals surface area contributed by atoms with Crippen LogP contribution in [-0.2, 0) is 11.3 Å². The smallest absolute Gasteiger partial charge is 0.338 e. The van der Waals surface area contributed by atoms with Gasteiger partial charge in [-0.1, -0.05) is 37.6 Å². The topological polar surface area (TPSA) is 35.5 Å². The number of halogens is 1. The predicted molar refractivity (Wildman–Crippen MR) is 87.3 cm³/mol. The summed E-state index contributed by atoms with van der Waals surface area (Å²) in [6.07, 6.45) is 0. The highest BCUT2D eigenvalue weighted by Crippen LogP contribution is 2.17. The number of esters is 1. The van der Waals surface area contributed by atoms with E-state index in [1.165, 1.54) is 0 Å². The monoisotopic (exact) mass is 318 g/mol. The van der Waals surface area contributed by atoms with Crippen LogP contribution in [0.4, 0.5) is 0 Å². The van der Waals surface area contributed by atoms with Crippen molar-refractivity contribution in [3.05, 3.63) is 64.7 Å². The zero-order valence-corrected chi connectivity index (χ0v) is 13.5. The van der Waals surface area contributed by atoms with Gasteiger partial charge in [-0.25, -0.2) is 4.79 Å². The van der Waals surface area contributed by atoms with Gasteiger partial charge in [-0.15, -0.1) is 0 Å². The first kappa shape index (κ1) is 16.4. The molecular formula is C18H19ClO3. The second kappa shape index (κ2) is 7.85. The Labute approximate surface area is 135 Å². The van der Waals surface area contributed by atoms with Gasteiger partial charge in [0, 0.05) is 5.02 Å². The highest BCUT2D eigenvalue weighted by Gasteiger charge is 2.08. The molecule has 0 amide bonds. The Balaban J connectivity index is 1.90. The molecule has 0 atom stereocenters. The third kappa shape index (κ3) is 5.08. The van der Waals surface area contributed by atoms with Crippen LogP contribution in [0.3, 0.4) is 0 Å². The summed E-state index contributed by atoms with van der Waals surface area (Å²) >= 11 is 5.93. The van der Waals surface area contributed by atoms with Crippen LogP contribution in [-0.4, -0.2) is 12.6 Å². The van der Waals surface area contributed by atoms with E-state index in [0.717, 1.165) is 5.56 Å². The first-order valence-corrected chi connectivity index (χ1v) is 7.57. The number of carbonyl (C=O) groups is 1. The summed E-state index contributed by atoms with van der Waals surface area (Å²) in [7, 11) is 0. The molecule has 4 heteroatoms. The van der Waals surface area contributed by atoms with Gasteiger partial charge in [0.05, 0.1) is 12.2 Å². The molecule has 0 saturated heterocycles. The van der Waals surface area contributed by atoms with E-state index >= 15 is 0 Å². The minimum atomic E-state index is -0.310. The van der Waals surface area contributed by atoms with Crippen molar-refractivity contribution in [1.29, 1.82) is 0 Å². The van der Waals surface area contributed by atoms with Gasteiger partial charge < -0.3 is 9.47 Å². The molecule has 0 aliphatic carbocycles. The molecule has 3 nitrogen and oxygen atoms in total. The maximum Gasteiger partial charge on any atom is 0.338 e. The number of ether oxygens (including phenoxy) is 2. The van der Waals surface area contributed by atoms with Crippen molar-refractivity contribution in [2.24, 2.45) is 5.92 Å². The summed E-state index contributed by atoms with van der Waals surface area (Å²) in [5.41, 5.74) is 1.52. The summed E-state index contributed by atoms with van der Waals surface area (Å²) in [6, 6.07) is 14.4. The van der Waals surface area contributed by atoms with E-state index in [1.54, 1.807) is 24.3 Å². The lowest BCUT2D eigenvalue weighted by Crippen LogP contribution is -2.10. The summed E-state index contributed by atoms with van der Waals surface area (Å²) < 4.78 is 10.8. The first-order chi connectivity index (χ1) is 10.5. The predicted octanol–water partition coefficient (Wildman–Crippen LogP) is 4.73. The van der Waals surface area contributed by atoms with E-state index in [9.17, 15) is 4.79 Å². The van der Waals surface area contributed by atoms with Crippen molar-refractivity contribution in [3.63, 3.8) is 0 Å². The maximum absolute atomic E-state index is 11.8. The third-order valence-electron chi connectivity index (χ3n) is 2.93. The SMILES string of the molecule is CC(C)COC(=O)c1ccc(OCc2cccc(Cl)c2)cc1. The number of hydrogen-bond acceptors (Lipinski definition) is 3. The molecule has 0 bridgehead atoms. The molecule has 0 aliphatic heterocycles. The summed E-state index contributed by atoms with van der Waals surface area (Å²) in [5.74, 6) is 0.708. The number of hydrogen-bond donors (Lipinski definition) is 0. The van der Waals surface area contributed by atoms with E-state index in [4.69, 9.17) is 21.1 Å². The molecule has 0 radical (unpaired) electrons. The zero-order valence-electron chi connectivity index (χ0n) is 12.7. The molecule has 22 heavy (non-hydrogen) atoms. The van der Waals surface area contributed by atoms with Gasteiger partial charge >= 0.3 is 5.97 Å². The van der Waals surface area contributed by atoms with Gasteiger partial charge in [0.25, 0.3) is 0 Å². The fraction of sp³-hybridized carbons (Fsp3) is 0.278. The lowest BCUT2D eigenvalue weighted by atomic mass is 10.2. The van der Waals surface area contributed by atoms with Crippen LogP contribution in [0.2, 0.25) is 5.02 Å². The van der Waals surface area contributed by atoms with Crippen LogP contribution in [0, 0.1) is 5.92 Å². The van der Waals surface area contributed by atoms with Gasteiger partial charge in [0.15, 0.2) is 0 Å². The Hall–Kier alpha value is -2.00. The summed E-state index contributed by atoms with van der Waals surface area (Å²) in [5, 5.41) is 0.685. The minimum Gasteiger partial charge on any atom is -0.489 e. The van der Waals surface area contributed by atoms with Crippen molar-refractivity contribution in [3.8, 4) is 5.75 Å². The van der Waals surface area contributed by atoms with Crippen molar-refractivity contribution >= 4 is 17.6 Å². The van der Waals surface area contributed by atoms with Crippen LogP contribution < -0.4 is 4.74 Å². The molecule has 0 aliphatic rings. The second-order valence-corrected chi connectivity index (χ2v) is 5.87. The van der Waals surface area contributed by atoms with Gasteiger partial charge in [0.2, 0.25) is 0 Å². The quantitative estimate of drug-likeness (QED) is 0.722. The van der Waals surface area contributed by atoms with E-state index < -0.39 is 0 Å². The molecule has 0 N–H and O–H groups in total. The van der Waals surface area contributed by atoms with E-state index in [0.29, 0.717) is 35.5 Å². The molecule has 2 aromatic rings. The standard InChI is InChI=1S/C18H19ClO3/c1-13(2)11-22-18(20)15-6-8-17(9-7-15)21-12-14-4-3-5-16(19)10-14/h3-10,13H,11-12H2,1-2H3. The first-order valence-electron chi connectivity index (χ1n) is 7.19. The van der Waals surface area contributed by atoms with Crippen molar-refractivity contribution in [2.75, 3.05) is 6.61 Å². The molecule has 0 saturated carbocycles. The number of carbonyl (C=O) groups excluding carboxylic acids is 1. The second-order valence-electron chi connectivity index (χ2n) is 5.44. The molecule has 0 aromatic heterocycles. The maximum atomic E-state index is 11.8. The Morgan fingerprint density at radius 2 is 1.86 bits per heavy atom. The highest BCUT2D eigenvalue weighted by molar-refractivity contribution is 6.30. The summed E-state index contributed by atoms with van der Waals surface area (Å²) in [4.78, 5) is 11.8. The fourth-order valence-corrected chi connectivity index (χ4v) is 2.02. The minimum absolute atomic E-state index is 0.310. The van der Waals surface area contributed by atoms with Crippen LogP contribution in [0.15, 0.2) is 48.5 Å². The fourth-order valence-electron chi connectivity index (χ4n) is 1.81. The van der Waals surface area contributed by atoms with Crippen molar-refractivity contribution in [1.82, 2.24) is 0 Å². The summed E-state index contributed by atoms with van der Waals surface area (Å²) in [6.45, 7) is 4.85. The molecular weight excluding hydrogens is 300 g/mol. The zero-order chi connectivity index (χ0) is 15.9. The lowest BCUT2D eigenvalue weighted by molar-refractivity contribution is 0.0459. The van der Waals surface area contributed by atoms with Crippen molar-refractivity contribution in [2.45, 2.75) is 20.5 Å². The third-order valence-corrected chi connectivity index (χ3v) is 3.17. The molecule has 2 rings (SSSR count). The van der Waals surface area contributed by atoms with E-state index in [-0.39, 0.29) is 5.97 Å². The van der Waals surface area contributed by atoms with Gasteiger partial charge in [-0.3, -0.25) is 0 Å². The van der Waals surface area contributed by atoms with E-state index in [2.05, 4.69) is 0 Å². The molecule has 0 fully saturated rings. The Morgan fingerprint density at radius 1 is 1.14 bits per heavy atom. The van der Waals surface area contributed by atoms with Crippen LogP contribution in [0.5, 0.6) is 5.75 Å². The lowest BCUT2D eigenvalue weighted by Gasteiger charge is -2.09. The van der Waals surface area contributed by atoms with Crippen LogP contribution in [0.1, 0.15) is 29.8 Å². The van der Waals surface area contributed by atoms with Crippen molar-refractivity contribution < 1.29 is 14.3 Å². The van der Waals surface area contributed by atoms with Gasteiger partial charge in [-0.2, -0.15) is 0 Å². The normalized spacial score (nSPS) is 10.5. The van der Waals surface area contributed by atoms with Crippen LogP contribution >= 0.6 is 11.6 Å². The van der Waals surface area contributed by atoms with Crippen LogP contribution in [0.25, 0.3) is 0 Å². The largest absolute Gasteiger partial charge is 0.489 e.